The molecule has 0 aliphatic heterocycles. The van der Waals surface area contributed by atoms with E-state index in [4.69, 9.17) is 5.11 Å². The molecule has 2 rings (SSSR count). The summed E-state index contributed by atoms with van der Waals surface area (Å²) in [5.41, 5.74) is 1.65. The number of nitrogens with zero attached hydrogens (tertiary/aromatic N) is 1. The zero-order valence-electron chi connectivity index (χ0n) is 12.0. The highest BCUT2D eigenvalue weighted by Gasteiger charge is 2.20. The third-order valence-corrected chi connectivity index (χ3v) is 3.53. The number of aryl methyl sites for hydroxylation is 2. The molecule has 0 saturated carbocycles. The highest BCUT2D eigenvalue weighted by atomic mass is 19.1. The molecule has 0 aliphatic rings. The third-order valence-electron chi connectivity index (χ3n) is 3.53. The predicted octanol–water partition coefficient (Wildman–Crippen LogP) is 2.21. The summed E-state index contributed by atoms with van der Waals surface area (Å²) in [6.07, 6.45) is 1.01. The van der Waals surface area contributed by atoms with Crippen molar-refractivity contribution in [3.63, 3.8) is 0 Å². The first kappa shape index (κ1) is 15.9. The number of pyridine rings is 1. The van der Waals surface area contributed by atoms with Crippen LogP contribution in [0, 0.1) is 12.7 Å². The quantitative estimate of drug-likeness (QED) is 0.788. The highest BCUT2D eigenvalue weighted by molar-refractivity contribution is 5.89. The molecule has 1 heterocycles. The summed E-state index contributed by atoms with van der Waals surface area (Å²) in [5, 5.41) is 28.4. The normalized spacial score (nSPS) is 10.7. The van der Waals surface area contributed by atoms with E-state index >= 15 is 0 Å². The Balaban J connectivity index is 2.32. The molecule has 0 radical (unpaired) electrons. The summed E-state index contributed by atoms with van der Waals surface area (Å²) in [7, 11) is 0. The number of aliphatic hydroxyl groups excluding tert-OH is 1. The molecule has 0 bridgehead atoms. The highest BCUT2D eigenvalue weighted by Crippen LogP contribution is 2.28. The minimum atomic E-state index is -1.35. The van der Waals surface area contributed by atoms with Gasteiger partial charge in [-0.05, 0) is 43.0 Å². The number of carboxylic acid groups (broad SMARTS) is 1. The van der Waals surface area contributed by atoms with Gasteiger partial charge >= 0.3 is 5.97 Å². The molecule has 0 atom stereocenters. The molecule has 5 nitrogen and oxygen atoms in total. The fourth-order valence-corrected chi connectivity index (χ4v) is 2.36. The number of carboxylic acids is 1. The van der Waals surface area contributed by atoms with E-state index in [2.05, 4.69) is 4.98 Å². The van der Waals surface area contributed by atoms with Crippen LogP contribution in [0.1, 0.15) is 32.9 Å². The zero-order valence-corrected chi connectivity index (χ0v) is 12.0. The van der Waals surface area contributed by atoms with Gasteiger partial charge in [-0.15, -0.1) is 0 Å². The van der Waals surface area contributed by atoms with E-state index < -0.39 is 24.0 Å². The first-order valence-corrected chi connectivity index (χ1v) is 6.74. The summed E-state index contributed by atoms with van der Waals surface area (Å²) in [4.78, 5) is 14.9. The van der Waals surface area contributed by atoms with Crippen molar-refractivity contribution in [3.05, 3.63) is 58.2 Å². The minimum absolute atomic E-state index is 0.173. The Labute approximate surface area is 126 Å². The van der Waals surface area contributed by atoms with Gasteiger partial charge in [0.15, 0.2) is 11.4 Å². The lowest BCUT2D eigenvalue weighted by molar-refractivity contribution is 0.0686. The summed E-state index contributed by atoms with van der Waals surface area (Å²) < 4.78 is 12.9. The SMILES string of the molecule is Cc1nc(C(=O)O)c(O)c(CO)c1CCc1ccc(F)cc1. The molecule has 116 valence electrons. The van der Waals surface area contributed by atoms with Crippen molar-refractivity contribution >= 4 is 5.97 Å². The monoisotopic (exact) mass is 305 g/mol. The Morgan fingerprint density at radius 3 is 2.36 bits per heavy atom. The number of halogens is 1. The topological polar surface area (TPSA) is 90.7 Å². The molecule has 0 unspecified atom stereocenters. The third kappa shape index (κ3) is 3.23. The van der Waals surface area contributed by atoms with Gasteiger partial charge in [-0.2, -0.15) is 0 Å². The van der Waals surface area contributed by atoms with Gasteiger partial charge in [0, 0.05) is 11.3 Å². The van der Waals surface area contributed by atoms with Crippen LogP contribution in [-0.2, 0) is 19.4 Å². The Hall–Kier alpha value is -2.47. The van der Waals surface area contributed by atoms with Crippen LogP contribution in [-0.4, -0.2) is 26.3 Å². The second kappa shape index (κ2) is 6.53. The van der Waals surface area contributed by atoms with Crippen LogP contribution in [0.4, 0.5) is 4.39 Å². The number of aliphatic hydroxyl groups is 1. The van der Waals surface area contributed by atoms with Crippen LogP contribution in [0.3, 0.4) is 0 Å². The molecule has 6 heteroatoms. The van der Waals surface area contributed by atoms with E-state index in [1.807, 2.05) is 0 Å². The molecule has 3 N–H and O–H groups in total. The molecule has 0 fully saturated rings. The minimum Gasteiger partial charge on any atom is -0.505 e. The second-order valence-corrected chi connectivity index (χ2v) is 4.94. The lowest BCUT2D eigenvalue weighted by atomic mass is 9.97. The van der Waals surface area contributed by atoms with Crippen molar-refractivity contribution in [2.45, 2.75) is 26.4 Å². The number of carbonyl (C=O) groups is 1. The van der Waals surface area contributed by atoms with E-state index in [1.165, 1.54) is 12.1 Å². The number of aromatic hydroxyl groups is 1. The largest absolute Gasteiger partial charge is 0.505 e. The van der Waals surface area contributed by atoms with Gasteiger partial charge in [-0.3, -0.25) is 0 Å². The first-order valence-electron chi connectivity index (χ1n) is 6.74. The van der Waals surface area contributed by atoms with Crippen molar-refractivity contribution in [1.29, 1.82) is 0 Å². The number of aromatic carboxylic acids is 1. The summed E-state index contributed by atoms with van der Waals surface area (Å²) in [5.74, 6) is -2.17. The van der Waals surface area contributed by atoms with Crippen LogP contribution in [0.5, 0.6) is 5.75 Å². The Kier molecular flexibility index (Phi) is 4.72. The van der Waals surface area contributed by atoms with Gasteiger partial charge in [0.05, 0.1) is 6.61 Å². The van der Waals surface area contributed by atoms with Crippen molar-refractivity contribution in [2.24, 2.45) is 0 Å². The summed E-state index contributed by atoms with van der Waals surface area (Å²) in [6.45, 7) is 1.15. The average molecular weight is 305 g/mol. The number of hydrogen-bond donors (Lipinski definition) is 3. The van der Waals surface area contributed by atoms with E-state index in [1.54, 1.807) is 19.1 Å². The van der Waals surface area contributed by atoms with E-state index in [9.17, 15) is 19.4 Å². The van der Waals surface area contributed by atoms with E-state index in [0.29, 0.717) is 24.1 Å². The molecule has 0 amide bonds. The van der Waals surface area contributed by atoms with Gasteiger partial charge in [0.1, 0.15) is 5.82 Å². The van der Waals surface area contributed by atoms with Crippen LogP contribution < -0.4 is 0 Å². The van der Waals surface area contributed by atoms with Gasteiger partial charge in [-0.25, -0.2) is 14.2 Å². The van der Waals surface area contributed by atoms with Crippen molar-refractivity contribution in [1.82, 2.24) is 4.98 Å². The van der Waals surface area contributed by atoms with Gasteiger partial charge in [0.25, 0.3) is 0 Å². The van der Waals surface area contributed by atoms with Gasteiger partial charge in [-0.1, -0.05) is 12.1 Å². The molecular weight excluding hydrogens is 289 g/mol. The molecule has 2 aromatic rings. The van der Waals surface area contributed by atoms with E-state index in [-0.39, 0.29) is 11.4 Å². The molecule has 22 heavy (non-hydrogen) atoms. The van der Waals surface area contributed by atoms with Crippen molar-refractivity contribution in [3.8, 4) is 5.75 Å². The van der Waals surface area contributed by atoms with Crippen molar-refractivity contribution in [2.75, 3.05) is 0 Å². The standard InChI is InChI=1S/C16H16FNO4/c1-9-12(7-4-10-2-5-11(17)6-3-10)13(8-19)15(20)14(18-9)16(21)22/h2-3,5-6,19-20H,4,7-8H2,1H3,(H,21,22). The average Bonchev–Trinajstić information content (AvgIpc) is 2.49. The molecular formula is C16H16FNO4. The molecule has 0 aliphatic carbocycles. The number of benzene rings is 1. The maximum absolute atomic E-state index is 12.9. The van der Waals surface area contributed by atoms with Gasteiger partial charge < -0.3 is 15.3 Å². The first-order chi connectivity index (χ1) is 10.4. The van der Waals surface area contributed by atoms with Crippen LogP contribution in [0.15, 0.2) is 24.3 Å². The van der Waals surface area contributed by atoms with Crippen LogP contribution in [0.2, 0.25) is 0 Å². The molecule has 0 saturated heterocycles. The molecule has 1 aromatic heterocycles. The Morgan fingerprint density at radius 1 is 1.18 bits per heavy atom. The number of rotatable bonds is 5. The fraction of sp³-hybridized carbons (Fsp3) is 0.250. The Bertz CT molecular complexity index is 698. The predicted molar refractivity (Wildman–Crippen MR) is 77.3 cm³/mol. The fourth-order valence-electron chi connectivity index (χ4n) is 2.36. The lowest BCUT2D eigenvalue weighted by Gasteiger charge is -2.14. The lowest BCUT2D eigenvalue weighted by Crippen LogP contribution is -2.10. The number of hydrogen-bond acceptors (Lipinski definition) is 4. The molecule has 0 spiro atoms. The Morgan fingerprint density at radius 2 is 1.82 bits per heavy atom. The summed E-state index contributed by atoms with van der Waals surface area (Å²) in [6, 6.07) is 6.03. The van der Waals surface area contributed by atoms with Crippen LogP contribution in [0.25, 0.3) is 0 Å². The maximum Gasteiger partial charge on any atom is 0.358 e. The number of aromatic nitrogens is 1. The maximum atomic E-state index is 12.9. The smallest absolute Gasteiger partial charge is 0.358 e. The zero-order chi connectivity index (χ0) is 16.3. The second-order valence-electron chi connectivity index (χ2n) is 4.94. The van der Waals surface area contributed by atoms with E-state index in [0.717, 1.165) is 5.56 Å². The van der Waals surface area contributed by atoms with Crippen LogP contribution >= 0.6 is 0 Å². The summed E-state index contributed by atoms with van der Waals surface area (Å²) >= 11 is 0. The van der Waals surface area contributed by atoms with Crippen molar-refractivity contribution < 1.29 is 24.5 Å². The molecule has 1 aromatic carbocycles. The van der Waals surface area contributed by atoms with Gasteiger partial charge in [0.2, 0.25) is 0 Å².